The molecule has 11 heavy (non-hydrogen) atoms. The summed E-state index contributed by atoms with van der Waals surface area (Å²) in [6.45, 7) is 9.36. The molecular formula is C10H14O. The average Bonchev–Trinajstić information content (AvgIpc) is 2.30. The predicted molar refractivity (Wildman–Crippen MR) is 46.2 cm³/mol. The number of allylic oxidation sites excluding steroid dienone is 2. The molecule has 1 nitrogen and oxygen atoms in total. The summed E-state index contributed by atoms with van der Waals surface area (Å²) in [6, 6.07) is 0. The third kappa shape index (κ3) is 1.05. The smallest absolute Gasteiger partial charge is 0.143 e. The number of hydrogen-bond acceptors (Lipinski definition) is 1. The van der Waals surface area contributed by atoms with Gasteiger partial charge >= 0.3 is 0 Å². The molecule has 0 saturated heterocycles. The molecule has 1 heteroatoms. The fraction of sp³-hybridized carbons (Fsp3) is 0.500. The van der Waals surface area contributed by atoms with Crippen molar-refractivity contribution in [1.29, 1.82) is 0 Å². The van der Waals surface area contributed by atoms with Crippen molar-refractivity contribution in [2.45, 2.75) is 19.8 Å². The van der Waals surface area contributed by atoms with Crippen LogP contribution in [0.5, 0.6) is 0 Å². The topological polar surface area (TPSA) is 17.1 Å². The Hall–Kier alpha value is -0.850. The maximum absolute atomic E-state index is 11.4. The fourth-order valence-corrected chi connectivity index (χ4v) is 1.69. The van der Waals surface area contributed by atoms with Crippen LogP contribution in [0.4, 0.5) is 0 Å². The van der Waals surface area contributed by atoms with E-state index in [1.165, 1.54) is 0 Å². The minimum absolute atomic E-state index is 0.299. The zero-order valence-corrected chi connectivity index (χ0v) is 6.97. The molecule has 0 heterocycles. The predicted octanol–water partition coefficient (Wildman–Crippen LogP) is 2.34. The van der Waals surface area contributed by atoms with Crippen molar-refractivity contribution < 1.29 is 4.79 Å². The van der Waals surface area contributed by atoms with Gasteiger partial charge in [0, 0.05) is 6.42 Å². The van der Waals surface area contributed by atoms with Crippen molar-refractivity contribution in [3.05, 3.63) is 25.3 Å². The molecule has 0 N–H and O–H groups in total. The zero-order chi connectivity index (χ0) is 8.48. The standard InChI is InChI=1S/C10H14O/c1-4-8-6-7-9(11)10(8,3)5-2/h4-5,8H,1-2,6-7H2,3H3/t8-,10-/m0/s1. The van der Waals surface area contributed by atoms with Crippen molar-refractivity contribution in [3.63, 3.8) is 0 Å². The molecule has 1 fully saturated rings. The van der Waals surface area contributed by atoms with Crippen LogP contribution >= 0.6 is 0 Å². The summed E-state index contributed by atoms with van der Waals surface area (Å²) in [5, 5.41) is 0. The van der Waals surface area contributed by atoms with E-state index in [9.17, 15) is 4.79 Å². The van der Waals surface area contributed by atoms with Crippen molar-refractivity contribution in [1.82, 2.24) is 0 Å². The van der Waals surface area contributed by atoms with Gasteiger partial charge in [-0.3, -0.25) is 4.79 Å². The highest BCUT2D eigenvalue weighted by Gasteiger charge is 2.41. The van der Waals surface area contributed by atoms with E-state index in [4.69, 9.17) is 0 Å². The van der Waals surface area contributed by atoms with E-state index >= 15 is 0 Å². The first kappa shape index (κ1) is 8.25. The molecule has 0 amide bonds. The van der Waals surface area contributed by atoms with Crippen LogP contribution < -0.4 is 0 Å². The van der Waals surface area contributed by atoms with Gasteiger partial charge in [-0.1, -0.05) is 12.2 Å². The first-order chi connectivity index (χ1) is 5.15. The number of carbonyl (C=O) groups excluding carboxylic acids is 1. The van der Waals surface area contributed by atoms with E-state index in [1.807, 2.05) is 13.0 Å². The number of rotatable bonds is 2. The third-order valence-electron chi connectivity index (χ3n) is 2.76. The molecule has 0 radical (unpaired) electrons. The van der Waals surface area contributed by atoms with Crippen LogP contribution in [0.2, 0.25) is 0 Å². The molecule has 0 unspecified atom stereocenters. The van der Waals surface area contributed by atoms with Crippen molar-refractivity contribution in [2.75, 3.05) is 0 Å². The second-order valence-electron chi connectivity index (χ2n) is 3.29. The van der Waals surface area contributed by atoms with Gasteiger partial charge in [0.05, 0.1) is 5.41 Å². The number of hydrogen-bond donors (Lipinski definition) is 0. The summed E-state index contributed by atoms with van der Waals surface area (Å²) in [6.07, 6.45) is 5.24. The van der Waals surface area contributed by atoms with Crippen LogP contribution in [-0.4, -0.2) is 5.78 Å². The van der Waals surface area contributed by atoms with E-state index in [2.05, 4.69) is 13.2 Å². The van der Waals surface area contributed by atoms with Crippen molar-refractivity contribution in [2.24, 2.45) is 11.3 Å². The fourth-order valence-electron chi connectivity index (χ4n) is 1.69. The lowest BCUT2D eigenvalue weighted by molar-refractivity contribution is -0.123. The number of Topliss-reactive ketones (excluding diaryl/α,β-unsaturated/α-hetero) is 1. The monoisotopic (exact) mass is 150 g/mol. The maximum atomic E-state index is 11.4. The minimum Gasteiger partial charge on any atom is -0.299 e. The summed E-state index contributed by atoms with van der Waals surface area (Å²) in [4.78, 5) is 11.4. The van der Waals surface area contributed by atoms with Gasteiger partial charge < -0.3 is 0 Å². The second-order valence-corrected chi connectivity index (χ2v) is 3.29. The second kappa shape index (κ2) is 2.65. The van der Waals surface area contributed by atoms with Crippen molar-refractivity contribution >= 4 is 5.78 Å². The van der Waals surface area contributed by atoms with Crippen LogP contribution in [-0.2, 0) is 4.79 Å². The molecule has 1 rings (SSSR count). The van der Waals surface area contributed by atoms with E-state index < -0.39 is 0 Å². The van der Waals surface area contributed by atoms with E-state index in [-0.39, 0.29) is 5.41 Å². The Morgan fingerprint density at radius 2 is 2.27 bits per heavy atom. The Labute approximate surface area is 67.8 Å². The largest absolute Gasteiger partial charge is 0.299 e. The molecule has 0 aliphatic heterocycles. The molecule has 2 atom stereocenters. The molecular weight excluding hydrogens is 136 g/mol. The van der Waals surface area contributed by atoms with Crippen molar-refractivity contribution in [3.8, 4) is 0 Å². The minimum atomic E-state index is -0.332. The summed E-state index contributed by atoms with van der Waals surface area (Å²) >= 11 is 0. The van der Waals surface area contributed by atoms with Gasteiger partial charge in [-0.15, -0.1) is 13.2 Å². The molecule has 1 aliphatic carbocycles. The van der Waals surface area contributed by atoms with Gasteiger partial charge in [-0.05, 0) is 19.3 Å². The molecule has 1 aliphatic rings. The summed E-state index contributed by atoms with van der Waals surface area (Å²) in [5.74, 6) is 0.602. The van der Waals surface area contributed by atoms with Gasteiger partial charge in [-0.2, -0.15) is 0 Å². The Kier molecular flexibility index (Phi) is 1.99. The third-order valence-corrected chi connectivity index (χ3v) is 2.76. The van der Waals surface area contributed by atoms with E-state index in [1.54, 1.807) is 6.08 Å². The van der Waals surface area contributed by atoms with Crippen LogP contribution in [0, 0.1) is 11.3 Å². The highest BCUT2D eigenvalue weighted by Crippen LogP contribution is 2.41. The Morgan fingerprint density at radius 1 is 1.64 bits per heavy atom. The average molecular weight is 150 g/mol. The lowest BCUT2D eigenvalue weighted by Gasteiger charge is -2.22. The van der Waals surface area contributed by atoms with Gasteiger partial charge in [0.15, 0.2) is 0 Å². The van der Waals surface area contributed by atoms with Gasteiger partial charge in [0.2, 0.25) is 0 Å². The SMILES string of the molecule is C=C[C@H]1CCC(=O)[C@@]1(C)C=C. The molecule has 0 aromatic carbocycles. The Morgan fingerprint density at radius 3 is 2.64 bits per heavy atom. The van der Waals surface area contributed by atoms with Crippen LogP contribution in [0.15, 0.2) is 25.3 Å². The summed E-state index contributed by atoms with van der Waals surface area (Å²) < 4.78 is 0. The molecule has 0 aromatic heterocycles. The first-order valence-electron chi connectivity index (χ1n) is 3.94. The first-order valence-corrected chi connectivity index (χ1v) is 3.94. The van der Waals surface area contributed by atoms with Crippen LogP contribution in [0.25, 0.3) is 0 Å². The summed E-state index contributed by atoms with van der Waals surface area (Å²) in [7, 11) is 0. The van der Waals surface area contributed by atoms with E-state index in [0.717, 1.165) is 6.42 Å². The van der Waals surface area contributed by atoms with Gasteiger partial charge in [0.1, 0.15) is 5.78 Å². The van der Waals surface area contributed by atoms with Crippen LogP contribution in [0.3, 0.4) is 0 Å². The number of carbonyl (C=O) groups is 1. The zero-order valence-electron chi connectivity index (χ0n) is 6.97. The molecule has 0 aromatic rings. The molecule has 0 spiro atoms. The highest BCUT2D eigenvalue weighted by molar-refractivity contribution is 5.89. The van der Waals surface area contributed by atoms with E-state index in [0.29, 0.717) is 18.1 Å². The molecule has 1 saturated carbocycles. The van der Waals surface area contributed by atoms with Crippen LogP contribution in [0.1, 0.15) is 19.8 Å². The normalized spacial score (nSPS) is 37.2. The lowest BCUT2D eigenvalue weighted by atomic mass is 9.79. The Balaban J connectivity index is 2.95. The number of ketones is 1. The summed E-state index contributed by atoms with van der Waals surface area (Å²) in [5.41, 5.74) is -0.332. The lowest BCUT2D eigenvalue weighted by Crippen LogP contribution is -2.24. The quantitative estimate of drug-likeness (QED) is 0.552. The van der Waals surface area contributed by atoms with Gasteiger partial charge in [-0.25, -0.2) is 0 Å². The van der Waals surface area contributed by atoms with Gasteiger partial charge in [0.25, 0.3) is 0 Å². The highest BCUT2D eigenvalue weighted by atomic mass is 16.1. The molecule has 60 valence electrons. The maximum Gasteiger partial charge on any atom is 0.143 e. The molecule has 0 bridgehead atoms. The Bertz CT molecular complexity index is 205.